The molecule has 0 bridgehead atoms. The molecule has 2 unspecified atom stereocenters. The van der Waals surface area contributed by atoms with Crippen LogP contribution in [0.3, 0.4) is 0 Å². The van der Waals surface area contributed by atoms with E-state index in [4.69, 9.17) is 0 Å². The third kappa shape index (κ3) is 4.03. The van der Waals surface area contributed by atoms with E-state index in [-0.39, 0.29) is 29.8 Å². The number of carbonyl (C=O) groups excluding carboxylic acids is 3. The lowest BCUT2D eigenvalue weighted by Crippen LogP contribution is -2.45. The van der Waals surface area contributed by atoms with Crippen molar-refractivity contribution in [1.29, 1.82) is 0 Å². The maximum absolute atomic E-state index is 12.6. The van der Waals surface area contributed by atoms with E-state index < -0.39 is 17.9 Å². The third-order valence-corrected chi connectivity index (χ3v) is 5.17. The third-order valence-electron chi connectivity index (χ3n) is 5.17. The summed E-state index contributed by atoms with van der Waals surface area (Å²) in [6, 6.07) is 12.1. The van der Waals surface area contributed by atoms with Crippen molar-refractivity contribution in [2.24, 2.45) is 5.92 Å². The molecule has 1 aliphatic rings. The Bertz CT molecular complexity index is 950. The number of carboxylic acid groups (broad SMARTS) is 1. The summed E-state index contributed by atoms with van der Waals surface area (Å²) in [5.74, 6) is -2.57. The number of aliphatic carboxylic acids is 1. The summed E-state index contributed by atoms with van der Waals surface area (Å²) in [7, 11) is 0. The second-order valence-corrected chi connectivity index (χ2v) is 7.12. The molecule has 0 radical (unpaired) electrons. The Balaban J connectivity index is 1.77. The molecule has 0 fully saturated rings. The summed E-state index contributed by atoms with van der Waals surface area (Å²) >= 11 is 0. The molecule has 3 amide bonds. The highest BCUT2D eigenvalue weighted by Crippen LogP contribution is 2.24. The van der Waals surface area contributed by atoms with Crippen LogP contribution in [0.25, 0.3) is 0 Å². The van der Waals surface area contributed by atoms with E-state index >= 15 is 0 Å². The number of imide groups is 1. The van der Waals surface area contributed by atoms with Crippen molar-refractivity contribution >= 4 is 23.7 Å². The highest BCUT2D eigenvalue weighted by Gasteiger charge is 2.35. The van der Waals surface area contributed by atoms with Gasteiger partial charge in [-0.25, -0.2) is 4.79 Å². The van der Waals surface area contributed by atoms with Crippen molar-refractivity contribution < 1.29 is 24.3 Å². The minimum absolute atomic E-state index is 0.0290. The molecule has 150 valence electrons. The standard InChI is InChI=1S/C22H22N2O5/c1-3-13(2)18(22(28)29)23-19(25)15-8-6-7-14(11-15)12-24-20(26)16-9-4-5-10-17(16)21(24)27/h4-11,13,18H,3,12H2,1-2H3,(H,23,25)(H,28,29). The largest absolute Gasteiger partial charge is 0.480 e. The molecular formula is C22H22N2O5. The minimum atomic E-state index is -1.09. The Morgan fingerprint density at radius 2 is 1.66 bits per heavy atom. The van der Waals surface area contributed by atoms with E-state index in [2.05, 4.69) is 5.32 Å². The quantitative estimate of drug-likeness (QED) is 0.703. The van der Waals surface area contributed by atoms with E-state index in [9.17, 15) is 24.3 Å². The minimum Gasteiger partial charge on any atom is -0.480 e. The van der Waals surface area contributed by atoms with Crippen LogP contribution < -0.4 is 5.32 Å². The number of hydrogen-bond donors (Lipinski definition) is 2. The predicted octanol–water partition coefficient (Wildman–Crippen LogP) is 2.71. The summed E-state index contributed by atoms with van der Waals surface area (Å²) in [6.07, 6.45) is 0.608. The van der Waals surface area contributed by atoms with E-state index in [1.165, 1.54) is 0 Å². The molecule has 29 heavy (non-hydrogen) atoms. The van der Waals surface area contributed by atoms with Gasteiger partial charge < -0.3 is 10.4 Å². The molecule has 0 saturated carbocycles. The van der Waals surface area contributed by atoms with Crippen LogP contribution in [0.2, 0.25) is 0 Å². The SMILES string of the molecule is CCC(C)C(NC(=O)c1cccc(CN2C(=O)c3ccccc3C2=O)c1)C(=O)O. The van der Waals surface area contributed by atoms with Gasteiger partial charge in [0.1, 0.15) is 6.04 Å². The predicted molar refractivity (Wildman–Crippen MR) is 105 cm³/mol. The number of carbonyl (C=O) groups is 4. The average molecular weight is 394 g/mol. The molecule has 2 aromatic rings. The highest BCUT2D eigenvalue weighted by atomic mass is 16.4. The maximum Gasteiger partial charge on any atom is 0.326 e. The molecule has 0 spiro atoms. The van der Waals surface area contributed by atoms with Crippen LogP contribution in [-0.2, 0) is 11.3 Å². The zero-order chi connectivity index (χ0) is 21.1. The van der Waals surface area contributed by atoms with E-state index in [0.29, 0.717) is 23.1 Å². The highest BCUT2D eigenvalue weighted by molar-refractivity contribution is 6.21. The van der Waals surface area contributed by atoms with Crippen LogP contribution in [-0.4, -0.2) is 39.7 Å². The first-order valence-electron chi connectivity index (χ1n) is 9.41. The van der Waals surface area contributed by atoms with Gasteiger partial charge in [-0.3, -0.25) is 19.3 Å². The Kier molecular flexibility index (Phi) is 5.77. The van der Waals surface area contributed by atoms with Crippen molar-refractivity contribution in [2.75, 3.05) is 0 Å². The Morgan fingerprint density at radius 3 is 2.21 bits per heavy atom. The molecule has 2 N–H and O–H groups in total. The van der Waals surface area contributed by atoms with E-state index in [1.54, 1.807) is 55.5 Å². The second kappa shape index (κ2) is 8.26. The van der Waals surface area contributed by atoms with Gasteiger partial charge in [0.15, 0.2) is 0 Å². The summed E-state index contributed by atoms with van der Waals surface area (Å²) < 4.78 is 0. The van der Waals surface area contributed by atoms with Crippen LogP contribution in [0.15, 0.2) is 48.5 Å². The van der Waals surface area contributed by atoms with Gasteiger partial charge in [-0.2, -0.15) is 0 Å². The number of nitrogens with zero attached hydrogens (tertiary/aromatic N) is 1. The molecule has 1 heterocycles. The van der Waals surface area contributed by atoms with E-state index in [0.717, 1.165) is 4.90 Å². The van der Waals surface area contributed by atoms with Crippen molar-refractivity contribution in [2.45, 2.75) is 32.9 Å². The fourth-order valence-corrected chi connectivity index (χ4v) is 3.28. The number of rotatable bonds is 7. The van der Waals surface area contributed by atoms with E-state index in [1.807, 2.05) is 6.92 Å². The van der Waals surface area contributed by atoms with Gasteiger partial charge >= 0.3 is 5.97 Å². The molecule has 3 rings (SSSR count). The molecule has 1 aliphatic heterocycles. The zero-order valence-electron chi connectivity index (χ0n) is 16.2. The number of fused-ring (bicyclic) bond motifs is 1. The lowest BCUT2D eigenvalue weighted by Gasteiger charge is -2.20. The molecule has 0 aliphatic carbocycles. The first kappa shape index (κ1) is 20.3. The fourth-order valence-electron chi connectivity index (χ4n) is 3.28. The van der Waals surface area contributed by atoms with Crippen molar-refractivity contribution in [3.8, 4) is 0 Å². The number of carboxylic acids is 1. The maximum atomic E-state index is 12.6. The van der Waals surface area contributed by atoms with Crippen LogP contribution >= 0.6 is 0 Å². The van der Waals surface area contributed by atoms with Crippen LogP contribution in [0.4, 0.5) is 0 Å². The van der Waals surface area contributed by atoms with Gasteiger partial charge in [0.05, 0.1) is 17.7 Å². The van der Waals surface area contributed by atoms with Gasteiger partial charge in [0.25, 0.3) is 17.7 Å². The molecule has 7 heteroatoms. The van der Waals surface area contributed by atoms with Crippen molar-refractivity contribution in [1.82, 2.24) is 10.2 Å². The van der Waals surface area contributed by atoms with Gasteiger partial charge in [-0.15, -0.1) is 0 Å². The van der Waals surface area contributed by atoms with Gasteiger partial charge in [-0.05, 0) is 35.7 Å². The topological polar surface area (TPSA) is 104 Å². The van der Waals surface area contributed by atoms with Crippen molar-refractivity contribution in [3.63, 3.8) is 0 Å². The first-order chi connectivity index (χ1) is 13.8. The number of amides is 3. The van der Waals surface area contributed by atoms with Gasteiger partial charge in [-0.1, -0.05) is 44.5 Å². The molecule has 2 atom stereocenters. The van der Waals surface area contributed by atoms with Crippen LogP contribution in [0.1, 0.15) is 56.9 Å². The van der Waals surface area contributed by atoms with Crippen LogP contribution in [0.5, 0.6) is 0 Å². The second-order valence-electron chi connectivity index (χ2n) is 7.12. The fraction of sp³-hybridized carbons (Fsp3) is 0.273. The average Bonchev–Trinajstić information content (AvgIpc) is 2.96. The molecule has 7 nitrogen and oxygen atoms in total. The normalized spacial score (nSPS) is 15.0. The van der Waals surface area contributed by atoms with Crippen molar-refractivity contribution in [3.05, 3.63) is 70.8 Å². The molecular weight excluding hydrogens is 372 g/mol. The Hall–Kier alpha value is -3.48. The molecule has 0 aromatic heterocycles. The Morgan fingerprint density at radius 1 is 1.03 bits per heavy atom. The number of hydrogen-bond acceptors (Lipinski definition) is 4. The smallest absolute Gasteiger partial charge is 0.326 e. The first-order valence-corrected chi connectivity index (χ1v) is 9.41. The van der Waals surface area contributed by atoms with Crippen LogP contribution in [0, 0.1) is 5.92 Å². The summed E-state index contributed by atoms with van der Waals surface area (Å²) in [6.45, 7) is 3.65. The Labute approximate surface area is 168 Å². The number of nitrogens with one attached hydrogen (secondary N) is 1. The van der Waals surface area contributed by atoms with Gasteiger partial charge in [0, 0.05) is 5.56 Å². The molecule has 2 aromatic carbocycles. The summed E-state index contributed by atoms with van der Waals surface area (Å²) in [4.78, 5) is 50.2. The zero-order valence-corrected chi connectivity index (χ0v) is 16.2. The van der Waals surface area contributed by atoms with Gasteiger partial charge in [0.2, 0.25) is 0 Å². The lowest BCUT2D eigenvalue weighted by molar-refractivity contribution is -0.140. The summed E-state index contributed by atoms with van der Waals surface area (Å²) in [5.41, 5.74) is 1.60. The molecule has 0 saturated heterocycles. The summed E-state index contributed by atoms with van der Waals surface area (Å²) in [5, 5.41) is 11.9. The monoisotopic (exact) mass is 394 g/mol. The lowest BCUT2D eigenvalue weighted by atomic mass is 9.98. The number of benzene rings is 2.